The van der Waals surface area contributed by atoms with E-state index in [1.807, 2.05) is 24.4 Å². The van der Waals surface area contributed by atoms with Crippen LogP contribution in [0.2, 0.25) is 0 Å². The van der Waals surface area contributed by atoms with Gasteiger partial charge in [0, 0.05) is 17.6 Å². The van der Waals surface area contributed by atoms with E-state index in [1.165, 1.54) is 0 Å². The lowest BCUT2D eigenvalue weighted by Crippen LogP contribution is -2.25. The van der Waals surface area contributed by atoms with Crippen molar-refractivity contribution in [3.05, 3.63) is 46.4 Å². The van der Waals surface area contributed by atoms with Crippen LogP contribution >= 0.6 is 11.3 Å². The van der Waals surface area contributed by atoms with Crippen LogP contribution in [0.4, 0.5) is 0 Å². The van der Waals surface area contributed by atoms with Crippen molar-refractivity contribution in [2.45, 2.75) is 23.9 Å². The van der Waals surface area contributed by atoms with Crippen molar-refractivity contribution < 1.29 is 8.42 Å². The van der Waals surface area contributed by atoms with Crippen molar-refractivity contribution in [3.63, 3.8) is 0 Å². The molecule has 2 atom stereocenters. The SMILES string of the molecule is CC(NC1CS(=O)(=O)c2ccccc21)c1nccs1. The lowest BCUT2D eigenvalue weighted by atomic mass is 10.1. The second-order valence-electron chi connectivity index (χ2n) is 4.63. The fourth-order valence-electron chi connectivity index (χ4n) is 2.41. The molecule has 2 heterocycles. The molecule has 1 aromatic carbocycles. The quantitative estimate of drug-likeness (QED) is 0.944. The predicted octanol–water partition coefficient (Wildman–Crippen LogP) is 2.32. The molecule has 4 nitrogen and oxygen atoms in total. The van der Waals surface area contributed by atoms with Crippen molar-refractivity contribution >= 4 is 21.2 Å². The average molecular weight is 294 g/mol. The summed E-state index contributed by atoms with van der Waals surface area (Å²) in [4.78, 5) is 4.71. The van der Waals surface area contributed by atoms with E-state index in [4.69, 9.17) is 0 Å². The third kappa shape index (κ3) is 2.31. The minimum atomic E-state index is -3.15. The van der Waals surface area contributed by atoms with Gasteiger partial charge in [-0.3, -0.25) is 0 Å². The molecule has 0 saturated carbocycles. The summed E-state index contributed by atoms with van der Waals surface area (Å²) in [5, 5.41) is 6.26. The van der Waals surface area contributed by atoms with Gasteiger partial charge in [-0.1, -0.05) is 18.2 Å². The number of nitrogens with zero attached hydrogens (tertiary/aromatic N) is 1. The zero-order valence-electron chi connectivity index (χ0n) is 10.4. The van der Waals surface area contributed by atoms with E-state index in [0.29, 0.717) is 4.90 Å². The van der Waals surface area contributed by atoms with Crippen molar-refractivity contribution in [1.82, 2.24) is 10.3 Å². The Labute approximate surface area is 116 Å². The largest absolute Gasteiger partial charge is 0.300 e. The van der Waals surface area contributed by atoms with Gasteiger partial charge in [-0.2, -0.15) is 0 Å². The highest BCUT2D eigenvalue weighted by atomic mass is 32.2. The van der Waals surface area contributed by atoms with Crippen LogP contribution in [-0.4, -0.2) is 19.2 Å². The van der Waals surface area contributed by atoms with Crippen molar-refractivity contribution in [2.75, 3.05) is 5.75 Å². The second-order valence-corrected chi connectivity index (χ2v) is 7.56. The second kappa shape index (κ2) is 4.70. The van der Waals surface area contributed by atoms with Crippen LogP contribution in [-0.2, 0) is 9.84 Å². The maximum atomic E-state index is 12.1. The molecule has 3 rings (SSSR count). The Morgan fingerprint density at radius 2 is 2.21 bits per heavy atom. The van der Waals surface area contributed by atoms with Gasteiger partial charge in [-0.15, -0.1) is 11.3 Å². The molecule has 0 bridgehead atoms. The fourth-order valence-corrected chi connectivity index (χ4v) is 4.81. The molecule has 1 aliphatic heterocycles. The summed E-state index contributed by atoms with van der Waals surface area (Å²) in [5.41, 5.74) is 0.867. The Morgan fingerprint density at radius 1 is 1.42 bits per heavy atom. The summed E-state index contributed by atoms with van der Waals surface area (Å²) >= 11 is 1.57. The summed E-state index contributed by atoms with van der Waals surface area (Å²) in [6.07, 6.45) is 1.76. The van der Waals surface area contributed by atoms with Gasteiger partial charge in [0.05, 0.1) is 16.7 Å². The maximum absolute atomic E-state index is 12.1. The number of rotatable bonds is 3. The maximum Gasteiger partial charge on any atom is 0.180 e. The molecule has 0 radical (unpaired) electrons. The number of nitrogens with one attached hydrogen (secondary N) is 1. The normalized spacial score (nSPS) is 22.1. The molecule has 2 unspecified atom stereocenters. The zero-order chi connectivity index (χ0) is 13.5. The van der Waals surface area contributed by atoms with Crippen LogP contribution in [0, 0.1) is 0 Å². The lowest BCUT2D eigenvalue weighted by molar-refractivity contribution is 0.495. The van der Waals surface area contributed by atoms with E-state index in [2.05, 4.69) is 10.3 Å². The molecule has 1 N–H and O–H groups in total. The van der Waals surface area contributed by atoms with E-state index in [9.17, 15) is 8.42 Å². The highest BCUT2D eigenvalue weighted by Gasteiger charge is 2.35. The number of sulfone groups is 1. The van der Waals surface area contributed by atoms with Gasteiger partial charge in [0.2, 0.25) is 0 Å². The minimum Gasteiger partial charge on any atom is -0.300 e. The number of aromatic nitrogens is 1. The molecule has 0 fully saturated rings. The Hall–Kier alpha value is -1.24. The van der Waals surface area contributed by atoms with Gasteiger partial charge < -0.3 is 5.32 Å². The molecule has 0 amide bonds. The van der Waals surface area contributed by atoms with Gasteiger partial charge in [0.15, 0.2) is 9.84 Å². The summed E-state index contributed by atoms with van der Waals surface area (Å²) in [5.74, 6) is 0.127. The summed E-state index contributed by atoms with van der Waals surface area (Å²) in [7, 11) is -3.15. The third-order valence-corrected chi connectivity index (χ3v) is 6.06. The number of thiazole rings is 1. The number of benzene rings is 1. The predicted molar refractivity (Wildman–Crippen MR) is 74.9 cm³/mol. The smallest absolute Gasteiger partial charge is 0.180 e. The van der Waals surface area contributed by atoms with Gasteiger partial charge in [-0.25, -0.2) is 13.4 Å². The first kappa shape index (κ1) is 12.8. The van der Waals surface area contributed by atoms with E-state index in [-0.39, 0.29) is 17.8 Å². The van der Waals surface area contributed by atoms with Crippen LogP contribution in [0.25, 0.3) is 0 Å². The Morgan fingerprint density at radius 3 is 2.95 bits per heavy atom. The number of hydrogen-bond donors (Lipinski definition) is 1. The Bertz CT molecular complexity index is 680. The Balaban J connectivity index is 1.88. The number of fused-ring (bicyclic) bond motifs is 1. The van der Waals surface area contributed by atoms with Gasteiger partial charge in [0.25, 0.3) is 0 Å². The van der Waals surface area contributed by atoms with E-state index < -0.39 is 9.84 Å². The van der Waals surface area contributed by atoms with Crippen LogP contribution in [0.3, 0.4) is 0 Å². The first-order valence-corrected chi connectivity index (χ1v) is 8.58. The molecule has 2 aromatic rings. The van der Waals surface area contributed by atoms with Crippen molar-refractivity contribution in [2.24, 2.45) is 0 Å². The topological polar surface area (TPSA) is 59.1 Å². The van der Waals surface area contributed by atoms with E-state index in [0.717, 1.165) is 10.6 Å². The van der Waals surface area contributed by atoms with Crippen LogP contribution in [0.15, 0.2) is 40.7 Å². The zero-order valence-corrected chi connectivity index (χ0v) is 12.0. The Kier molecular flexibility index (Phi) is 3.16. The standard InChI is InChI=1S/C13H14N2O2S2/c1-9(13-14-6-7-18-13)15-11-8-19(16,17)12-5-3-2-4-10(11)12/h2-7,9,11,15H,8H2,1H3. The first-order valence-electron chi connectivity index (χ1n) is 6.05. The average Bonchev–Trinajstić information content (AvgIpc) is 2.98. The molecular weight excluding hydrogens is 280 g/mol. The summed E-state index contributed by atoms with van der Waals surface area (Å²) in [6.45, 7) is 2.01. The summed E-state index contributed by atoms with van der Waals surface area (Å²) < 4.78 is 24.2. The van der Waals surface area contributed by atoms with Crippen LogP contribution in [0.1, 0.15) is 29.6 Å². The highest BCUT2D eigenvalue weighted by molar-refractivity contribution is 7.91. The molecule has 100 valence electrons. The van der Waals surface area contributed by atoms with Gasteiger partial charge in [-0.05, 0) is 18.6 Å². The molecule has 6 heteroatoms. The summed E-state index contributed by atoms with van der Waals surface area (Å²) in [6, 6.07) is 7.10. The van der Waals surface area contributed by atoms with Gasteiger partial charge in [0.1, 0.15) is 5.01 Å². The molecule has 0 saturated heterocycles. The number of hydrogen-bond acceptors (Lipinski definition) is 5. The molecule has 0 spiro atoms. The molecule has 1 aromatic heterocycles. The highest BCUT2D eigenvalue weighted by Crippen LogP contribution is 2.34. The third-order valence-electron chi connectivity index (χ3n) is 3.29. The molecule has 0 aliphatic carbocycles. The molecule has 19 heavy (non-hydrogen) atoms. The fraction of sp³-hybridized carbons (Fsp3) is 0.308. The van der Waals surface area contributed by atoms with Crippen LogP contribution in [0.5, 0.6) is 0 Å². The van der Waals surface area contributed by atoms with Crippen molar-refractivity contribution in [1.29, 1.82) is 0 Å². The van der Waals surface area contributed by atoms with Crippen molar-refractivity contribution in [3.8, 4) is 0 Å². The molecular formula is C13H14N2O2S2. The van der Waals surface area contributed by atoms with Gasteiger partial charge >= 0.3 is 0 Å². The van der Waals surface area contributed by atoms with E-state index in [1.54, 1.807) is 29.7 Å². The monoisotopic (exact) mass is 294 g/mol. The van der Waals surface area contributed by atoms with Crippen LogP contribution < -0.4 is 5.32 Å². The van der Waals surface area contributed by atoms with E-state index >= 15 is 0 Å². The first-order chi connectivity index (χ1) is 9.08. The molecule has 1 aliphatic rings. The lowest BCUT2D eigenvalue weighted by Gasteiger charge is -2.17. The minimum absolute atomic E-state index is 0.0476.